The second-order valence-corrected chi connectivity index (χ2v) is 2.37. The fraction of sp³-hybridized carbons (Fsp3) is 0.333. The van der Waals surface area contributed by atoms with Gasteiger partial charge in [-0.15, -0.1) is 0 Å². The molecule has 12 nitrogen and oxygen atoms in total. The SMILES string of the molecule is NC1([N+](=O)[O-])N=NC([N+](=O)[O-])=C1[N+](=O)[O-]. The number of rotatable bonds is 3. The van der Waals surface area contributed by atoms with Crippen LogP contribution in [0.1, 0.15) is 0 Å². The number of nitrogens with zero attached hydrogens (tertiary/aromatic N) is 5. The van der Waals surface area contributed by atoms with E-state index in [-0.39, 0.29) is 0 Å². The summed E-state index contributed by atoms with van der Waals surface area (Å²) in [5, 5.41) is 36.4. The lowest BCUT2D eigenvalue weighted by Gasteiger charge is -2.03. The van der Waals surface area contributed by atoms with Crippen molar-refractivity contribution in [2.75, 3.05) is 0 Å². The summed E-state index contributed by atoms with van der Waals surface area (Å²) in [6.45, 7) is 0. The zero-order valence-electron chi connectivity index (χ0n) is 6.76. The number of nitro groups is 3. The Kier molecular flexibility index (Phi) is 2.13. The summed E-state index contributed by atoms with van der Waals surface area (Å²) in [4.78, 5) is 27.0. The normalized spacial score (nSPS) is 24.3. The first kappa shape index (κ1) is 10.6. The van der Waals surface area contributed by atoms with Gasteiger partial charge in [0.25, 0.3) is 0 Å². The third kappa shape index (κ3) is 1.37. The van der Waals surface area contributed by atoms with Gasteiger partial charge in [-0.05, 0) is 4.92 Å². The van der Waals surface area contributed by atoms with Gasteiger partial charge in [0.15, 0.2) is 0 Å². The third-order valence-electron chi connectivity index (χ3n) is 1.49. The zero-order chi connectivity index (χ0) is 11.8. The Morgan fingerprint density at radius 2 is 1.67 bits per heavy atom. The second-order valence-electron chi connectivity index (χ2n) is 2.37. The van der Waals surface area contributed by atoms with Crippen LogP contribution in [0.15, 0.2) is 21.7 Å². The molecular formula is C3H2N6O6. The lowest BCUT2D eigenvalue weighted by Crippen LogP contribution is -2.48. The van der Waals surface area contributed by atoms with Crippen molar-refractivity contribution in [3.63, 3.8) is 0 Å². The smallest absolute Gasteiger partial charge is 0.358 e. The lowest BCUT2D eigenvalue weighted by molar-refractivity contribution is -0.597. The molecule has 0 aromatic carbocycles. The topological polar surface area (TPSA) is 180 Å². The molecule has 0 aliphatic carbocycles. The van der Waals surface area contributed by atoms with Crippen LogP contribution >= 0.6 is 0 Å². The fourth-order valence-corrected chi connectivity index (χ4v) is 0.845. The average molecular weight is 218 g/mol. The van der Waals surface area contributed by atoms with Crippen molar-refractivity contribution >= 4 is 0 Å². The molecular weight excluding hydrogens is 216 g/mol. The van der Waals surface area contributed by atoms with E-state index in [2.05, 4.69) is 10.2 Å². The first-order chi connectivity index (χ1) is 6.80. The van der Waals surface area contributed by atoms with Crippen molar-refractivity contribution in [1.29, 1.82) is 0 Å². The zero-order valence-corrected chi connectivity index (χ0v) is 6.76. The van der Waals surface area contributed by atoms with Gasteiger partial charge in [0, 0.05) is 5.11 Å². The predicted molar refractivity (Wildman–Crippen MR) is 39.8 cm³/mol. The highest BCUT2D eigenvalue weighted by Gasteiger charge is 2.65. The molecule has 0 radical (unpaired) electrons. The predicted octanol–water partition coefficient (Wildman–Crippen LogP) is -0.936. The van der Waals surface area contributed by atoms with Gasteiger partial charge in [-0.3, -0.25) is 20.2 Å². The van der Waals surface area contributed by atoms with Gasteiger partial charge < -0.3 is 10.1 Å². The van der Waals surface area contributed by atoms with Crippen LogP contribution in [0.25, 0.3) is 0 Å². The van der Waals surface area contributed by atoms with Crippen molar-refractivity contribution in [3.05, 3.63) is 41.9 Å². The highest BCUT2D eigenvalue weighted by molar-refractivity contribution is 5.13. The van der Waals surface area contributed by atoms with Crippen LogP contribution in [-0.4, -0.2) is 20.6 Å². The van der Waals surface area contributed by atoms with Crippen molar-refractivity contribution in [2.45, 2.75) is 5.79 Å². The van der Waals surface area contributed by atoms with Crippen LogP contribution in [0.3, 0.4) is 0 Å². The van der Waals surface area contributed by atoms with Crippen LogP contribution < -0.4 is 5.73 Å². The monoisotopic (exact) mass is 218 g/mol. The van der Waals surface area contributed by atoms with Gasteiger partial charge in [0.1, 0.15) is 0 Å². The minimum Gasteiger partial charge on any atom is -0.358 e. The molecule has 0 aromatic rings. The molecule has 2 N–H and O–H groups in total. The minimum absolute atomic E-state index is 1.26. The van der Waals surface area contributed by atoms with Gasteiger partial charge >= 0.3 is 17.3 Å². The molecule has 15 heavy (non-hydrogen) atoms. The maximum absolute atomic E-state index is 10.4. The Bertz CT molecular complexity index is 425. The molecule has 0 saturated carbocycles. The first-order valence-corrected chi connectivity index (χ1v) is 3.20. The molecule has 80 valence electrons. The van der Waals surface area contributed by atoms with Gasteiger partial charge in [-0.25, -0.2) is 5.73 Å². The fourth-order valence-electron chi connectivity index (χ4n) is 0.845. The van der Waals surface area contributed by atoms with Crippen molar-refractivity contribution in [1.82, 2.24) is 0 Å². The molecule has 1 heterocycles. The average Bonchev–Trinajstić information content (AvgIpc) is 2.44. The molecule has 1 aliphatic rings. The standard InChI is InChI=1S/C3H2N6O6/c4-3(9(14)15)1(7(10)11)2(5-6-3)8(12)13/h4H2. The molecule has 0 aromatic heterocycles. The van der Waals surface area contributed by atoms with Crippen LogP contribution in [0, 0.1) is 30.3 Å². The molecule has 0 bridgehead atoms. The van der Waals surface area contributed by atoms with Crippen LogP contribution in [0.2, 0.25) is 0 Å². The second kappa shape index (κ2) is 3.02. The molecule has 1 unspecified atom stereocenters. The molecule has 1 rings (SSSR count). The molecule has 1 atom stereocenters. The van der Waals surface area contributed by atoms with Gasteiger partial charge in [-0.1, -0.05) is 0 Å². The Labute approximate surface area is 79.5 Å². The Balaban J connectivity index is 3.41. The van der Waals surface area contributed by atoms with E-state index >= 15 is 0 Å². The lowest BCUT2D eigenvalue weighted by atomic mass is 10.3. The van der Waals surface area contributed by atoms with Gasteiger partial charge in [0.05, 0.1) is 15.0 Å². The number of hydrogen-bond acceptors (Lipinski definition) is 9. The van der Waals surface area contributed by atoms with Crippen molar-refractivity contribution in [3.8, 4) is 0 Å². The van der Waals surface area contributed by atoms with Crippen LogP contribution in [0.5, 0.6) is 0 Å². The molecule has 0 fully saturated rings. The van der Waals surface area contributed by atoms with Crippen LogP contribution in [-0.2, 0) is 0 Å². The quantitative estimate of drug-likeness (QED) is 0.360. The molecule has 0 amide bonds. The Morgan fingerprint density at radius 3 is 2.00 bits per heavy atom. The Hall–Kier alpha value is -2.50. The molecule has 0 spiro atoms. The van der Waals surface area contributed by atoms with E-state index < -0.39 is 32.1 Å². The van der Waals surface area contributed by atoms with E-state index in [1.54, 1.807) is 0 Å². The van der Waals surface area contributed by atoms with E-state index in [0.717, 1.165) is 0 Å². The third-order valence-corrected chi connectivity index (χ3v) is 1.49. The summed E-state index contributed by atoms with van der Waals surface area (Å²) in [6, 6.07) is 0. The Morgan fingerprint density at radius 1 is 1.13 bits per heavy atom. The maximum atomic E-state index is 10.4. The van der Waals surface area contributed by atoms with Crippen molar-refractivity contribution in [2.24, 2.45) is 16.0 Å². The highest BCUT2D eigenvalue weighted by atomic mass is 16.7. The first-order valence-electron chi connectivity index (χ1n) is 3.20. The summed E-state index contributed by atoms with van der Waals surface area (Å²) in [6.07, 6.45) is 0. The van der Waals surface area contributed by atoms with Gasteiger partial charge in [0.2, 0.25) is 0 Å². The molecule has 1 aliphatic heterocycles. The summed E-state index contributed by atoms with van der Waals surface area (Å²) in [7, 11) is 0. The summed E-state index contributed by atoms with van der Waals surface area (Å²) in [5.74, 6) is -4.33. The molecule has 0 saturated heterocycles. The highest BCUT2D eigenvalue weighted by Crippen LogP contribution is 2.29. The van der Waals surface area contributed by atoms with Crippen molar-refractivity contribution < 1.29 is 14.8 Å². The van der Waals surface area contributed by atoms with E-state index in [0.29, 0.717) is 0 Å². The van der Waals surface area contributed by atoms with E-state index in [1.165, 1.54) is 0 Å². The summed E-state index contributed by atoms with van der Waals surface area (Å²) in [5.41, 5.74) is 3.45. The summed E-state index contributed by atoms with van der Waals surface area (Å²) >= 11 is 0. The van der Waals surface area contributed by atoms with Crippen LogP contribution in [0.4, 0.5) is 0 Å². The number of hydrogen-bond donors (Lipinski definition) is 1. The molecule has 12 heteroatoms. The number of azo groups is 1. The largest absolute Gasteiger partial charge is 0.505 e. The number of nitrogens with two attached hydrogens (primary N) is 1. The maximum Gasteiger partial charge on any atom is 0.505 e. The van der Waals surface area contributed by atoms with E-state index in [9.17, 15) is 30.3 Å². The van der Waals surface area contributed by atoms with Gasteiger partial charge in [-0.2, -0.15) is 0 Å². The van der Waals surface area contributed by atoms with E-state index in [4.69, 9.17) is 5.73 Å². The summed E-state index contributed by atoms with van der Waals surface area (Å²) < 4.78 is 0. The van der Waals surface area contributed by atoms with E-state index in [1.807, 2.05) is 0 Å². The minimum atomic E-state index is -2.99.